The van der Waals surface area contributed by atoms with Crippen molar-refractivity contribution in [2.24, 2.45) is 28.3 Å². The fourth-order valence-corrected chi connectivity index (χ4v) is 5.06. The summed E-state index contributed by atoms with van der Waals surface area (Å²) >= 11 is 1.36. The van der Waals surface area contributed by atoms with Crippen LogP contribution in [0, 0.1) is 11.8 Å². The highest BCUT2D eigenvalue weighted by Crippen LogP contribution is 2.47. The first-order chi connectivity index (χ1) is 11.9. The molecule has 0 aromatic rings. The zero-order chi connectivity index (χ0) is 18.1. The Hall–Kier alpha value is -1.96. The van der Waals surface area contributed by atoms with Gasteiger partial charge in [0.25, 0.3) is 5.91 Å². The van der Waals surface area contributed by atoms with Gasteiger partial charge in [0.1, 0.15) is 5.37 Å². The number of thioether (sulfide) groups is 1. The minimum absolute atomic E-state index is 0.0460. The summed E-state index contributed by atoms with van der Waals surface area (Å²) in [7, 11) is 0. The lowest BCUT2D eigenvalue weighted by molar-refractivity contribution is -0.113. The summed E-state index contributed by atoms with van der Waals surface area (Å²) < 4.78 is 0. The smallest absolute Gasteiger partial charge is 0.407 e. The summed E-state index contributed by atoms with van der Waals surface area (Å²) in [5.74, 6) is -0.280. The summed E-state index contributed by atoms with van der Waals surface area (Å²) in [4.78, 5) is 29.5. The number of carbonyl (C=O) groups is 2. The Morgan fingerprint density at radius 2 is 2.08 bits per heavy atom. The predicted octanol–water partition coefficient (Wildman–Crippen LogP) is 1.90. The molecule has 0 aromatic heterocycles. The van der Waals surface area contributed by atoms with Crippen molar-refractivity contribution in [2.75, 3.05) is 13.1 Å². The molecule has 2 atom stereocenters. The van der Waals surface area contributed by atoms with Gasteiger partial charge in [0.15, 0.2) is 0 Å². The van der Waals surface area contributed by atoms with Gasteiger partial charge in [-0.05, 0) is 25.3 Å². The zero-order valence-corrected chi connectivity index (χ0v) is 15.1. The lowest BCUT2D eigenvalue weighted by atomic mass is 9.84. The molecular formula is C17H24N4O3S. The predicted molar refractivity (Wildman–Crippen MR) is 98.0 cm³/mol. The van der Waals surface area contributed by atoms with E-state index in [1.54, 1.807) is 0 Å². The average Bonchev–Trinajstić information content (AvgIpc) is 2.92. The van der Waals surface area contributed by atoms with Crippen LogP contribution in [-0.4, -0.2) is 46.2 Å². The van der Waals surface area contributed by atoms with Crippen molar-refractivity contribution in [1.82, 2.24) is 4.90 Å². The molecule has 7 nitrogen and oxygen atoms in total. The second-order valence-corrected chi connectivity index (χ2v) is 7.83. The van der Waals surface area contributed by atoms with Gasteiger partial charge in [-0.1, -0.05) is 30.7 Å². The molecule has 2 amide bonds. The number of piperidine rings is 1. The van der Waals surface area contributed by atoms with Gasteiger partial charge < -0.3 is 21.5 Å². The van der Waals surface area contributed by atoms with Crippen molar-refractivity contribution in [1.29, 1.82) is 0 Å². The molecule has 0 bridgehead atoms. The van der Waals surface area contributed by atoms with Crippen LogP contribution in [0.15, 0.2) is 27.2 Å². The number of hydrogen-bond donors (Lipinski definition) is 3. The van der Waals surface area contributed by atoms with E-state index >= 15 is 0 Å². The standard InChI is InChI=1S/C17H24N4O3S/c1-2-3-10-8-11(9-4-6-21(7-5-9)17(23)24)20-16-12(10)13(18)14(25-16)15(19)22/h8-9,12,16H,2-7,18H2,1H3,(H2,19,22)(H,23,24). The van der Waals surface area contributed by atoms with Crippen LogP contribution in [0.4, 0.5) is 4.79 Å². The average molecular weight is 364 g/mol. The summed E-state index contributed by atoms with van der Waals surface area (Å²) in [5.41, 5.74) is 14.4. The number of rotatable bonds is 4. The minimum atomic E-state index is -0.860. The van der Waals surface area contributed by atoms with Gasteiger partial charge in [0.2, 0.25) is 0 Å². The van der Waals surface area contributed by atoms with E-state index in [-0.39, 0.29) is 17.2 Å². The molecule has 3 rings (SSSR count). The maximum absolute atomic E-state index is 11.6. The molecule has 0 aliphatic carbocycles. The van der Waals surface area contributed by atoms with Crippen molar-refractivity contribution in [3.63, 3.8) is 0 Å². The molecule has 3 heterocycles. The zero-order valence-electron chi connectivity index (χ0n) is 14.3. The van der Waals surface area contributed by atoms with E-state index in [4.69, 9.17) is 21.6 Å². The highest BCUT2D eigenvalue weighted by Gasteiger charge is 2.41. The molecule has 0 aromatic carbocycles. The Morgan fingerprint density at radius 3 is 2.64 bits per heavy atom. The molecule has 8 heteroatoms. The third-order valence-corrected chi connectivity index (χ3v) is 6.37. The van der Waals surface area contributed by atoms with Crippen molar-refractivity contribution in [3.8, 4) is 0 Å². The highest BCUT2D eigenvalue weighted by molar-refractivity contribution is 8.04. The summed E-state index contributed by atoms with van der Waals surface area (Å²) in [6.45, 7) is 3.18. The van der Waals surface area contributed by atoms with Crippen LogP contribution in [0.2, 0.25) is 0 Å². The minimum Gasteiger partial charge on any atom is -0.465 e. The van der Waals surface area contributed by atoms with Crippen LogP contribution in [0.1, 0.15) is 32.6 Å². The first kappa shape index (κ1) is 17.8. The normalized spacial score (nSPS) is 27.0. The quantitative estimate of drug-likeness (QED) is 0.703. The molecule has 3 aliphatic heterocycles. The van der Waals surface area contributed by atoms with Crippen LogP contribution in [-0.2, 0) is 4.79 Å². The van der Waals surface area contributed by atoms with E-state index in [2.05, 4.69) is 13.0 Å². The van der Waals surface area contributed by atoms with Gasteiger partial charge >= 0.3 is 6.09 Å². The molecular weight excluding hydrogens is 340 g/mol. The third-order valence-electron chi connectivity index (χ3n) is 5.08. The Kier molecular flexibility index (Phi) is 5.08. The first-order valence-corrected chi connectivity index (χ1v) is 9.52. The number of carboxylic acid groups (broad SMARTS) is 1. The van der Waals surface area contributed by atoms with Crippen LogP contribution in [0.3, 0.4) is 0 Å². The Balaban J connectivity index is 1.82. The van der Waals surface area contributed by atoms with Crippen molar-refractivity contribution in [3.05, 3.63) is 22.3 Å². The van der Waals surface area contributed by atoms with Gasteiger partial charge in [0.05, 0.1) is 10.8 Å². The lowest BCUT2D eigenvalue weighted by Crippen LogP contribution is -2.40. The van der Waals surface area contributed by atoms with E-state index < -0.39 is 12.0 Å². The van der Waals surface area contributed by atoms with Gasteiger partial charge in [0, 0.05) is 30.4 Å². The van der Waals surface area contributed by atoms with Gasteiger partial charge in [-0.3, -0.25) is 9.79 Å². The molecule has 1 fully saturated rings. The molecule has 2 unspecified atom stereocenters. The number of nitrogens with zero attached hydrogens (tertiary/aromatic N) is 2. The monoisotopic (exact) mass is 364 g/mol. The fraction of sp³-hybridized carbons (Fsp3) is 0.588. The number of primary amides is 1. The number of nitrogens with two attached hydrogens (primary N) is 2. The van der Waals surface area contributed by atoms with E-state index in [0.29, 0.717) is 23.7 Å². The third kappa shape index (κ3) is 3.40. The van der Waals surface area contributed by atoms with E-state index in [0.717, 1.165) is 31.4 Å². The molecule has 0 radical (unpaired) electrons. The number of amides is 2. The SMILES string of the molecule is CCCC1=CC(C2CCN(C(=O)O)CC2)=NC2SC(C(N)=O)=C(N)C12. The van der Waals surface area contributed by atoms with Gasteiger partial charge in [-0.2, -0.15) is 0 Å². The topological polar surface area (TPSA) is 122 Å². The number of dihydropyridines is 1. The van der Waals surface area contributed by atoms with Gasteiger partial charge in [-0.25, -0.2) is 4.79 Å². The Labute approximate surface area is 151 Å². The summed E-state index contributed by atoms with van der Waals surface area (Å²) in [6, 6.07) is 0. The number of carbonyl (C=O) groups excluding carboxylic acids is 1. The highest BCUT2D eigenvalue weighted by atomic mass is 32.2. The van der Waals surface area contributed by atoms with Crippen molar-refractivity contribution < 1.29 is 14.7 Å². The molecule has 136 valence electrons. The second-order valence-electron chi connectivity index (χ2n) is 6.70. The molecule has 1 saturated heterocycles. The van der Waals surface area contributed by atoms with Crippen LogP contribution in [0.25, 0.3) is 0 Å². The van der Waals surface area contributed by atoms with Crippen LogP contribution in [0.5, 0.6) is 0 Å². The molecule has 0 saturated carbocycles. The Bertz CT molecular complexity index is 677. The number of allylic oxidation sites excluding steroid dienone is 1. The number of hydrogen-bond acceptors (Lipinski definition) is 5. The first-order valence-electron chi connectivity index (χ1n) is 8.64. The maximum Gasteiger partial charge on any atom is 0.407 e. The van der Waals surface area contributed by atoms with Crippen LogP contribution < -0.4 is 11.5 Å². The van der Waals surface area contributed by atoms with E-state index in [1.807, 2.05) is 0 Å². The van der Waals surface area contributed by atoms with Crippen molar-refractivity contribution in [2.45, 2.75) is 38.0 Å². The van der Waals surface area contributed by atoms with Crippen molar-refractivity contribution >= 4 is 29.5 Å². The Morgan fingerprint density at radius 1 is 1.40 bits per heavy atom. The molecule has 25 heavy (non-hydrogen) atoms. The number of likely N-dealkylation sites (tertiary alicyclic amines) is 1. The van der Waals surface area contributed by atoms with Crippen LogP contribution >= 0.6 is 11.8 Å². The molecule has 5 N–H and O–H groups in total. The lowest BCUT2D eigenvalue weighted by Gasteiger charge is -2.33. The summed E-state index contributed by atoms with van der Waals surface area (Å²) in [5, 5.41) is 8.97. The second kappa shape index (κ2) is 7.11. The fourth-order valence-electron chi connectivity index (χ4n) is 3.81. The number of aliphatic imine (C=N–C) groups is 1. The van der Waals surface area contributed by atoms with E-state index in [1.165, 1.54) is 22.2 Å². The largest absolute Gasteiger partial charge is 0.465 e. The van der Waals surface area contributed by atoms with Gasteiger partial charge in [-0.15, -0.1) is 0 Å². The van der Waals surface area contributed by atoms with E-state index in [9.17, 15) is 9.59 Å². The maximum atomic E-state index is 11.6. The summed E-state index contributed by atoms with van der Waals surface area (Å²) in [6.07, 6.45) is 4.71. The molecule has 0 spiro atoms. The molecule has 3 aliphatic rings. The number of fused-ring (bicyclic) bond motifs is 1.